The minimum atomic E-state index is -4.39. The van der Waals surface area contributed by atoms with E-state index in [1.807, 2.05) is 22.7 Å². The number of allylic oxidation sites excluding steroid dienone is 2. The molecule has 1 amide bonds. The number of benzene rings is 2. The van der Waals surface area contributed by atoms with Gasteiger partial charge >= 0.3 is 6.18 Å². The minimum absolute atomic E-state index is 0.0582. The predicted molar refractivity (Wildman–Crippen MR) is 127 cm³/mol. The van der Waals surface area contributed by atoms with Gasteiger partial charge in [-0.2, -0.15) is 24.9 Å². The molecule has 0 aromatic heterocycles. The third-order valence-electron chi connectivity index (χ3n) is 5.40. The predicted octanol–water partition coefficient (Wildman–Crippen LogP) is 5.78. The van der Waals surface area contributed by atoms with Gasteiger partial charge in [0.25, 0.3) is 0 Å². The highest BCUT2D eigenvalue weighted by Crippen LogP contribution is 2.33. The zero-order valence-corrected chi connectivity index (χ0v) is 19.6. The van der Waals surface area contributed by atoms with Gasteiger partial charge in [-0.1, -0.05) is 30.4 Å². The fourth-order valence-electron chi connectivity index (χ4n) is 3.52. The summed E-state index contributed by atoms with van der Waals surface area (Å²) in [5.74, 6) is 2.81. The molecule has 4 nitrogen and oxygen atoms in total. The molecule has 0 bridgehead atoms. The van der Waals surface area contributed by atoms with Crippen LogP contribution in [0.3, 0.4) is 0 Å². The van der Waals surface area contributed by atoms with Crippen molar-refractivity contribution < 1.29 is 27.4 Å². The Morgan fingerprint density at radius 3 is 2.21 bits per heavy atom. The van der Waals surface area contributed by atoms with Crippen LogP contribution in [0.25, 0.3) is 11.6 Å². The van der Waals surface area contributed by atoms with Crippen molar-refractivity contribution in [2.75, 3.05) is 38.8 Å². The topological polar surface area (TPSA) is 38.8 Å². The van der Waals surface area contributed by atoms with Crippen molar-refractivity contribution in [1.82, 2.24) is 4.90 Å². The maximum Gasteiger partial charge on any atom is 0.416 e. The molecule has 0 unspecified atom stereocenters. The van der Waals surface area contributed by atoms with Gasteiger partial charge < -0.3 is 14.4 Å². The van der Waals surface area contributed by atoms with Gasteiger partial charge in [-0.3, -0.25) is 4.79 Å². The van der Waals surface area contributed by atoms with Gasteiger partial charge in [0.15, 0.2) is 11.5 Å². The van der Waals surface area contributed by atoms with Crippen LogP contribution in [-0.2, 0) is 11.0 Å². The van der Waals surface area contributed by atoms with Crippen molar-refractivity contribution in [3.8, 4) is 11.5 Å². The fourth-order valence-corrected chi connectivity index (χ4v) is 4.43. The molecule has 0 atom stereocenters. The van der Waals surface area contributed by atoms with E-state index in [0.29, 0.717) is 41.3 Å². The zero-order valence-electron chi connectivity index (χ0n) is 18.7. The molecular weight excluding hydrogens is 451 g/mol. The molecule has 176 valence electrons. The molecule has 0 saturated carbocycles. The van der Waals surface area contributed by atoms with E-state index in [1.54, 1.807) is 38.3 Å². The van der Waals surface area contributed by atoms with Crippen LogP contribution in [0.2, 0.25) is 0 Å². The average Bonchev–Trinajstić information content (AvgIpc) is 2.83. The summed E-state index contributed by atoms with van der Waals surface area (Å²) >= 11 is 1.82. The van der Waals surface area contributed by atoms with E-state index in [4.69, 9.17) is 9.47 Å². The molecule has 1 aliphatic heterocycles. The zero-order chi connectivity index (χ0) is 24.0. The number of carbonyl (C=O) groups is 1. The molecule has 33 heavy (non-hydrogen) atoms. The van der Waals surface area contributed by atoms with Crippen LogP contribution in [0, 0.1) is 0 Å². The smallest absolute Gasteiger partial charge is 0.416 e. The lowest BCUT2D eigenvalue weighted by Gasteiger charge is -2.27. The van der Waals surface area contributed by atoms with Crippen molar-refractivity contribution in [2.24, 2.45) is 0 Å². The van der Waals surface area contributed by atoms with Crippen LogP contribution in [0.1, 0.15) is 23.6 Å². The summed E-state index contributed by atoms with van der Waals surface area (Å²) < 4.78 is 49.3. The summed E-state index contributed by atoms with van der Waals surface area (Å²) in [7, 11) is 3.08. The Balaban J connectivity index is 2.01. The van der Waals surface area contributed by atoms with Crippen LogP contribution >= 0.6 is 11.8 Å². The van der Waals surface area contributed by atoms with Crippen LogP contribution in [0.5, 0.6) is 11.5 Å². The number of thioether (sulfide) groups is 1. The van der Waals surface area contributed by atoms with Gasteiger partial charge in [-0.25, -0.2) is 0 Å². The summed E-state index contributed by atoms with van der Waals surface area (Å²) in [6, 6.07) is 10.3. The number of amides is 1. The van der Waals surface area contributed by atoms with Gasteiger partial charge in [0.2, 0.25) is 5.91 Å². The van der Waals surface area contributed by atoms with E-state index >= 15 is 0 Å². The second-order valence-electron chi connectivity index (χ2n) is 7.47. The molecule has 8 heteroatoms. The first-order valence-electron chi connectivity index (χ1n) is 10.4. The summed E-state index contributed by atoms with van der Waals surface area (Å²) in [6.45, 7) is 3.14. The lowest BCUT2D eigenvalue weighted by molar-refractivity contribution is -0.137. The summed E-state index contributed by atoms with van der Waals surface area (Å²) in [5, 5.41) is 0. The second-order valence-corrected chi connectivity index (χ2v) is 8.69. The number of nitrogens with zero attached hydrogens (tertiary/aromatic N) is 1. The van der Waals surface area contributed by atoms with Crippen molar-refractivity contribution in [3.63, 3.8) is 0 Å². The normalized spacial score (nSPS) is 15.4. The van der Waals surface area contributed by atoms with E-state index in [-0.39, 0.29) is 5.91 Å². The third-order valence-corrected chi connectivity index (χ3v) is 6.34. The number of carbonyl (C=O) groups excluding carboxylic acids is 1. The highest BCUT2D eigenvalue weighted by atomic mass is 32.2. The number of halogens is 3. The van der Waals surface area contributed by atoms with Gasteiger partial charge in [0.1, 0.15) is 0 Å². The number of hydrogen-bond donors (Lipinski definition) is 0. The molecule has 0 aliphatic carbocycles. The van der Waals surface area contributed by atoms with Gasteiger partial charge in [0, 0.05) is 30.2 Å². The third kappa shape index (κ3) is 6.13. The van der Waals surface area contributed by atoms with Gasteiger partial charge in [-0.15, -0.1) is 0 Å². The van der Waals surface area contributed by atoms with Crippen LogP contribution in [0.4, 0.5) is 13.2 Å². The Morgan fingerprint density at radius 2 is 1.64 bits per heavy atom. The maximum absolute atomic E-state index is 13.2. The van der Waals surface area contributed by atoms with Crippen LogP contribution in [-0.4, -0.2) is 49.6 Å². The second kappa shape index (κ2) is 10.8. The maximum atomic E-state index is 13.2. The molecule has 1 saturated heterocycles. The fraction of sp³-hybridized carbons (Fsp3) is 0.320. The van der Waals surface area contributed by atoms with E-state index in [2.05, 4.69) is 0 Å². The highest BCUT2D eigenvalue weighted by molar-refractivity contribution is 7.99. The molecule has 1 heterocycles. The SMILES string of the molecule is COc1ccc(C(C=Cc2ccc(C(F)(F)F)cc2)=C(C)C(=O)N2CCSCC2)cc1OC. The van der Waals surface area contributed by atoms with E-state index < -0.39 is 11.7 Å². The lowest BCUT2D eigenvalue weighted by Crippen LogP contribution is -2.38. The van der Waals surface area contributed by atoms with Crippen LogP contribution in [0.15, 0.2) is 54.1 Å². The Labute approximate surface area is 196 Å². The molecule has 2 aromatic rings. The summed E-state index contributed by atoms with van der Waals surface area (Å²) in [6.07, 6.45) is -0.923. The quantitative estimate of drug-likeness (QED) is 0.390. The Hall–Kier alpha value is -2.87. The van der Waals surface area contributed by atoms with Crippen molar-refractivity contribution in [1.29, 1.82) is 0 Å². The number of methoxy groups -OCH3 is 2. The summed E-state index contributed by atoms with van der Waals surface area (Å²) in [5.41, 5.74) is 1.85. The average molecular weight is 478 g/mol. The molecule has 0 spiro atoms. The van der Waals surface area contributed by atoms with Gasteiger partial charge in [-0.05, 0) is 47.9 Å². The Bertz CT molecular complexity index is 1040. The van der Waals surface area contributed by atoms with E-state index in [0.717, 1.165) is 29.2 Å². The number of hydrogen-bond acceptors (Lipinski definition) is 4. The molecule has 1 fully saturated rings. The first kappa shape index (κ1) is 24.8. The number of rotatable bonds is 6. The highest BCUT2D eigenvalue weighted by Gasteiger charge is 2.29. The van der Waals surface area contributed by atoms with Gasteiger partial charge in [0.05, 0.1) is 19.8 Å². The minimum Gasteiger partial charge on any atom is -0.493 e. The number of alkyl halides is 3. The molecule has 0 radical (unpaired) electrons. The number of ether oxygens (including phenoxy) is 2. The largest absolute Gasteiger partial charge is 0.493 e. The molecular formula is C25H26F3NO3S. The van der Waals surface area contributed by atoms with Crippen molar-refractivity contribution >= 4 is 29.3 Å². The van der Waals surface area contributed by atoms with E-state index in [1.165, 1.54) is 19.2 Å². The first-order chi connectivity index (χ1) is 15.7. The molecule has 1 aliphatic rings. The van der Waals surface area contributed by atoms with Crippen molar-refractivity contribution in [2.45, 2.75) is 13.1 Å². The molecule has 2 aromatic carbocycles. The molecule has 3 rings (SSSR count). The van der Waals surface area contributed by atoms with E-state index in [9.17, 15) is 18.0 Å². The Kier molecular flexibility index (Phi) is 8.13. The monoisotopic (exact) mass is 477 g/mol. The lowest BCUT2D eigenvalue weighted by atomic mass is 9.97. The Morgan fingerprint density at radius 1 is 1.00 bits per heavy atom. The molecule has 0 N–H and O–H groups in total. The summed E-state index contributed by atoms with van der Waals surface area (Å²) in [4.78, 5) is 15.0. The van der Waals surface area contributed by atoms with Crippen molar-refractivity contribution in [3.05, 3.63) is 70.8 Å². The van der Waals surface area contributed by atoms with Crippen LogP contribution < -0.4 is 9.47 Å². The first-order valence-corrected chi connectivity index (χ1v) is 11.6. The standard InChI is InChI=1S/C25H26F3NO3S/c1-17(24(30)29-12-14-33-15-13-29)21(19-7-11-22(31-2)23(16-19)32-3)10-6-18-4-8-20(9-5-18)25(26,27)28/h4-11,16H,12-15H2,1-3H3.